The Morgan fingerprint density at radius 3 is 2.71 bits per heavy atom. The van der Waals surface area contributed by atoms with Crippen LogP contribution in [0.5, 0.6) is 0 Å². The van der Waals surface area contributed by atoms with E-state index in [0.717, 1.165) is 46.6 Å². The van der Waals surface area contributed by atoms with E-state index in [0.29, 0.717) is 32.2 Å². The molecule has 1 amide bonds. The van der Waals surface area contributed by atoms with Crippen LogP contribution in [0.1, 0.15) is 13.3 Å². The Bertz CT molecular complexity index is 1330. The molecule has 2 aliphatic rings. The SMILES string of the molecule is C[C@@H]1COCCN1c1cc(-c2ccc(NC(=O)C3CCOC3)cc2)c2cnn(-c3cc[nH]n3)c2n1. The second-order valence-electron chi connectivity index (χ2n) is 9.00. The van der Waals surface area contributed by atoms with Crippen molar-refractivity contribution in [3.63, 3.8) is 0 Å². The number of H-pyrrole nitrogens is 1. The van der Waals surface area contributed by atoms with Crippen molar-refractivity contribution in [2.45, 2.75) is 19.4 Å². The zero-order chi connectivity index (χ0) is 23.8. The molecule has 0 aliphatic carbocycles. The lowest BCUT2D eigenvalue weighted by atomic mass is 10.0. The Morgan fingerprint density at radius 1 is 1.11 bits per heavy atom. The Morgan fingerprint density at radius 2 is 1.97 bits per heavy atom. The normalized spacial score (nSPS) is 20.4. The average molecular weight is 474 g/mol. The Kier molecular flexibility index (Phi) is 5.67. The number of hydrogen-bond donors (Lipinski definition) is 2. The standard InChI is InChI=1S/C25H27N7O3/c1-16-14-35-11-9-31(16)23-12-20(21-13-27-32(24(21)29-23)22-6-8-26-30-22)17-2-4-19(5-3-17)28-25(33)18-7-10-34-15-18/h2-6,8,12-13,16,18H,7,9-11,14-15H2,1H3,(H,26,30)(H,28,33)/t16-,18?/m1/s1. The number of nitrogens with zero attached hydrogens (tertiary/aromatic N) is 5. The molecule has 0 radical (unpaired) electrons. The van der Waals surface area contributed by atoms with E-state index in [2.05, 4.69) is 38.5 Å². The van der Waals surface area contributed by atoms with Crippen LogP contribution in [0.25, 0.3) is 28.0 Å². The molecule has 3 aromatic heterocycles. The Hall–Kier alpha value is -3.76. The largest absolute Gasteiger partial charge is 0.381 e. The van der Waals surface area contributed by atoms with Gasteiger partial charge in [-0.1, -0.05) is 12.1 Å². The first-order valence-corrected chi connectivity index (χ1v) is 11.9. The van der Waals surface area contributed by atoms with Gasteiger partial charge in [0, 0.05) is 36.5 Å². The number of rotatable bonds is 5. The van der Waals surface area contributed by atoms with Gasteiger partial charge < -0.3 is 19.7 Å². The molecule has 0 saturated carbocycles. The minimum atomic E-state index is -0.0829. The second kappa shape index (κ2) is 9.12. The van der Waals surface area contributed by atoms with Gasteiger partial charge in [-0.05, 0) is 42.7 Å². The van der Waals surface area contributed by atoms with E-state index in [1.165, 1.54) is 0 Å². The lowest BCUT2D eigenvalue weighted by Gasteiger charge is -2.34. The number of anilines is 2. The first kappa shape index (κ1) is 21.8. The number of aromatic amines is 1. The highest BCUT2D eigenvalue weighted by molar-refractivity contribution is 5.96. The maximum absolute atomic E-state index is 12.5. The molecular weight excluding hydrogens is 446 g/mol. The van der Waals surface area contributed by atoms with Gasteiger partial charge in [0.2, 0.25) is 5.91 Å². The van der Waals surface area contributed by atoms with Gasteiger partial charge in [-0.15, -0.1) is 0 Å². The third-order valence-electron chi connectivity index (χ3n) is 6.66. The molecule has 2 saturated heterocycles. The summed E-state index contributed by atoms with van der Waals surface area (Å²) in [7, 11) is 0. The molecule has 4 aromatic rings. The van der Waals surface area contributed by atoms with E-state index < -0.39 is 0 Å². The van der Waals surface area contributed by atoms with Crippen molar-refractivity contribution in [1.82, 2.24) is 25.0 Å². The number of amides is 1. The van der Waals surface area contributed by atoms with E-state index in [9.17, 15) is 4.79 Å². The number of hydrogen-bond acceptors (Lipinski definition) is 7. The number of ether oxygens (including phenoxy) is 2. The number of nitrogens with one attached hydrogen (secondary N) is 2. The molecule has 35 heavy (non-hydrogen) atoms. The van der Waals surface area contributed by atoms with Crippen molar-refractivity contribution in [3.8, 4) is 16.9 Å². The van der Waals surface area contributed by atoms with Crippen molar-refractivity contribution in [1.29, 1.82) is 0 Å². The highest BCUT2D eigenvalue weighted by Gasteiger charge is 2.25. The van der Waals surface area contributed by atoms with Gasteiger partial charge in [0.25, 0.3) is 0 Å². The smallest absolute Gasteiger partial charge is 0.229 e. The van der Waals surface area contributed by atoms with Crippen molar-refractivity contribution in [3.05, 3.63) is 48.8 Å². The fraction of sp³-hybridized carbons (Fsp3) is 0.360. The number of pyridine rings is 1. The number of aromatic nitrogens is 5. The predicted octanol–water partition coefficient (Wildman–Crippen LogP) is 3.01. The number of benzene rings is 1. The molecule has 1 aromatic carbocycles. The van der Waals surface area contributed by atoms with Gasteiger partial charge in [-0.3, -0.25) is 9.89 Å². The van der Waals surface area contributed by atoms with Gasteiger partial charge in [0.15, 0.2) is 11.5 Å². The minimum absolute atomic E-state index is 0.00502. The summed E-state index contributed by atoms with van der Waals surface area (Å²) in [4.78, 5) is 19.7. The maximum Gasteiger partial charge on any atom is 0.229 e. The van der Waals surface area contributed by atoms with Crippen LogP contribution in [0.3, 0.4) is 0 Å². The minimum Gasteiger partial charge on any atom is -0.381 e. The molecule has 0 spiro atoms. The highest BCUT2D eigenvalue weighted by atomic mass is 16.5. The monoisotopic (exact) mass is 473 g/mol. The summed E-state index contributed by atoms with van der Waals surface area (Å²) < 4.78 is 12.7. The van der Waals surface area contributed by atoms with Gasteiger partial charge in [0.1, 0.15) is 5.82 Å². The molecule has 10 nitrogen and oxygen atoms in total. The Balaban J connectivity index is 1.39. The number of carbonyl (C=O) groups excluding carboxylic acids is 1. The summed E-state index contributed by atoms with van der Waals surface area (Å²) in [5, 5.41) is 15.7. The van der Waals surface area contributed by atoms with Crippen molar-refractivity contribution < 1.29 is 14.3 Å². The molecule has 2 aliphatic heterocycles. The summed E-state index contributed by atoms with van der Waals surface area (Å²) in [5.41, 5.74) is 3.54. The quantitative estimate of drug-likeness (QED) is 0.458. The third kappa shape index (κ3) is 4.15. The number of carbonyl (C=O) groups is 1. The Labute approximate surface area is 202 Å². The molecule has 6 rings (SSSR count). The zero-order valence-corrected chi connectivity index (χ0v) is 19.5. The molecule has 2 atom stereocenters. The summed E-state index contributed by atoms with van der Waals surface area (Å²) in [6, 6.07) is 12.1. The second-order valence-corrected chi connectivity index (χ2v) is 9.00. The van der Waals surface area contributed by atoms with Crippen LogP contribution in [0.4, 0.5) is 11.5 Å². The van der Waals surface area contributed by atoms with Crippen LogP contribution in [-0.4, -0.2) is 69.9 Å². The third-order valence-corrected chi connectivity index (χ3v) is 6.66. The summed E-state index contributed by atoms with van der Waals surface area (Å²) in [6.07, 6.45) is 4.36. The van der Waals surface area contributed by atoms with Gasteiger partial charge >= 0.3 is 0 Å². The lowest BCUT2D eigenvalue weighted by molar-refractivity contribution is -0.119. The molecule has 2 N–H and O–H groups in total. The van der Waals surface area contributed by atoms with Crippen LogP contribution in [0.15, 0.2) is 48.8 Å². The molecule has 10 heteroatoms. The summed E-state index contributed by atoms with van der Waals surface area (Å²) >= 11 is 0. The maximum atomic E-state index is 12.5. The van der Waals surface area contributed by atoms with E-state index in [-0.39, 0.29) is 17.9 Å². The van der Waals surface area contributed by atoms with Crippen molar-refractivity contribution >= 4 is 28.4 Å². The first-order valence-electron chi connectivity index (χ1n) is 11.9. The van der Waals surface area contributed by atoms with E-state index in [1.54, 1.807) is 10.9 Å². The van der Waals surface area contributed by atoms with Crippen molar-refractivity contribution in [2.75, 3.05) is 43.2 Å². The topological polar surface area (TPSA) is 110 Å². The molecular formula is C25H27N7O3. The molecule has 1 unspecified atom stereocenters. The average Bonchev–Trinajstić information content (AvgIpc) is 3.66. The van der Waals surface area contributed by atoms with Crippen LogP contribution < -0.4 is 10.2 Å². The zero-order valence-electron chi connectivity index (χ0n) is 19.5. The van der Waals surface area contributed by atoms with Gasteiger partial charge in [-0.25, -0.2) is 4.98 Å². The lowest BCUT2D eigenvalue weighted by Crippen LogP contribution is -2.44. The predicted molar refractivity (Wildman–Crippen MR) is 132 cm³/mol. The summed E-state index contributed by atoms with van der Waals surface area (Å²) in [5.74, 6) is 1.48. The molecule has 0 bridgehead atoms. The fourth-order valence-corrected chi connectivity index (χ4v) is 4.70. The van der Waals surface area contributed by atoms with E-state index in [4.69, 9.17) is 14.5 Å². The number of morpholine rings is 1. The highest BCUT2D eigenvalue weighted by Crippen LogP contribution is 2.34. The van der Waals surface area contributed by atoms with Crippen LogP contribution in [-0.2, 0) is 14.3 Å². The van der Waals surface area contributed by atoms with Crippen LogP contribution >= 0.6 is 0 Å². The van der Waals surface area contributed by atoms with E-state index in [1.807, 2.05) is 36.5 Å². The number of fused-ring (bicyclic) bond motifs is 1. The first-order chi connectivity index (χ1) is 17.2. The van der Waals surface area contributed by atoms with Crippen LogP contribution in [0.2, 0.25) is 0 Å². The molecule has 180 valence electrons. The van der Waals surface area contributed by atoms with Crippen LogP contribution in [0, 0.1) is 5.92 Å². The fourth-order valence-electron chi connectivity index (χ4n) is 4.70. The summed E-state index contributed by atoms with van der Waals surface area (Å²) in [6.45, 7) is 5.37. The van der Waals surface area contributed by atoms with Crippen molar-refractivity contribution in [2.24, 2.45) is 5.92 Å². The van der Waals surface area contributed by atoms with Gasteiger partial charge in [0.05, 0.1) is 38.0 Å². The van der Waals surface area contributed by atoms with Gasteiger partial charge in [-0.2, -0.15) is 14.9 Å². The molecule has 2 fully saturated rings. The molecule has 5 heterocycles. The van der Waals surface area contributed by atoms with E-state index >= 15 is 0 Å².